The van der Waals surface area contributed by atoms with Crippen molar-refractivity contribution < 1.29 is 8.78 Å². The maximum atomic E-state index is 13.6. The predicted molar refractivity (Wildman–Crippen MR) is 71.6 cm³/mol. The first-order chi connectivity index (χ1) is 10.1. The molecule has 0 spiro atoms. The van der Waals surface area contributed by atoms with Crippen molar-refractivity contribution in [1.29, 1.82) is 5.26 Å². The lowest BCUT2D eigenvalue weighted by Crippen LogP contribution is -2.02. The Balaban J connectivity index is 2.10. The summed E-state index contributed by atoms with van der Waals surface area (Å²) in [6.07, 6.45) is 5.03. The number of hydrogen-bond donors (Lipinski definition) is 0. The third-order valence-electron chi connectivity index (χ3n) is 3.27. The molecule has 1 aromatic carbocycles. The van der Waals surface area contributed by atoms with Crippen LogP contribution in [0.2, 0.25) is 0 Å². The molecule has 0 fully saturated rings. The van der Waals surface area contributed by atoms with Gasteiger partial charge in [0.05, 0.1) is 5.69 Å². The highest BCUT2D eigenvalue weighted by Gasteiger charge is 2.12. The van der Waals surface area contributed by atoms with Gasteiger partial charge in [0.1, 0.15) is 17.7 Å². The van der Waals surface area contributed by atoms with Crippen LogP contribution in [0.3, 0.4) is 0 Å². The van der Waals surface area contributed by atoms with Crippen LogP contribution in [-0.4, -0.2) is 14.4 Å². The Labute approximate surface area is 119 Å². The molecular weight excluding hydrogens is 274 g/mol. The van der Waals surface area contributed by atoms with Gasteiger partial charge in [0.2, 0.25) is 0 Å². The number of halogens is 2. The monoisotopic (exact) mass is 284 g/mol. The zero-order chi connectivity index (χ0) is 15.0. The molecule has 0 radical (unpaired) electrons. The van der Waals surface area contributed by atoms with E-state index >= 15 is 0 Å². The van der Waals surface area contributed by atoms with Crippen molar-refractivity contribution in [3.8, 4) is 6.07 Å². The number of imidazole rings is 1. The van der Waals surface area contributed by atoms with Gasteiger partial charge in [-0.15, -0.1) is 0 Å². The largest absolute Gasteiger partial charge is 0.303 e. The molecule has 0 N–H and O–H groups in total. The third kappa shape index (κ3) is 2.34. The summed E-state index contributed by atoms with van der Waals surface area (Å²) >= 11 is 0. The Kier molecular flexibility index (Phi) is 3.10. The summed E-state index contributed by atoms with van der Waals surface area (Å²) in [6.45, 7) is 1.38. The summed E-state index contributed by atoms with van der Waals surface area (Å²) in [4.78, 5) is 8.34. The predicted octanol–water partition coefficient (Wildman–Crippen LogP) is 2.78. The molecule has 0 saturated heterocycles. The second kappa shape index (κ2) is 4.94. The minimum Gasteiger partial charge on any atom is -0.303 e. The fourth-order valence-electron chi connectivity index (χ4n) is 2.16. The van der Waals surface area contributed by atoms with Crippen molar-refractivity contribution in [2.24, 2.45) is 0 Å². The standard InChI is InChI=1S/C15H10F2N4/c1-9-12(16)4-10(5-13(9)17)6-14-15-19-2-3-21(15)8-11(7-18)20-14/h2-5,8H,6H2,1H3. The van der Waals surface area contributed by atoms with Gasteiger partial charge in [0.25, 0.3) is 0 Å². The van der Waals surface area contributed by atoms with Crippen LogP contribution in [0.25, 0.3) is 5.65 Å². The third-order valence-corrected chi connectivity index (χ3v) is 3.27. The Morgan fingerprint density at radius 1 is 1.29 bits per heavy atom. The number of fused-ring (bicyclic) bond motifs is 1. The fraction of sp³-hybridized carbons (Fsp3) is 0.133. The van der Waals surface area contributed by atoms with Crippen molar-refractivity contribution in [3.05, 3.63) is 64.9 Å². The second-order valence-electron chi connectivity index (χ2n) is 4.70. The number of hydrogen-bond acceptors (Lipinski definition) is 3. The average Bonchev–Trinajstić information content (AvgIpc) is 2.93. The quantitative estimate of drug-likeness (QED) is 0.727. The van der Waals surface area contributed by atoms with Crippen molar-refractivity contribution in [1.82, 2.24) is 14.4 Å². The first-order valence-electron chi connectivity index (χ1n) is 6.25. The van der Waals surface area contributed by atoms with E-state index in [1.807, 2.05) is 6.07 Å². The van der Waals surface area contributed by atoms with Crippen LogP contribution >= 0.6 is 0 Å². The first kappa shape index (κ1) is 13.2. The SMILES string of the molecule is Cc1c(F)cc(Cc2nc(C#N)cn3ccnc23)cc1F. The number of nitriles is 1. The van der Waals surface area contributed by atoms with E-state index in [4.69, 9.17) is 5.26 Å². The van der Waals surface area contributed by atoms with E-state index < -0.39 is 11.6 Å². The van der Waals surface area contributed by atoms with E-state index in [1.54, 1.807) is 23.0 Å². The lowest BCUT2D eigenvalue weighted by molar-refractivity contribution is 0.565. The van der Waals surface area contributed by atoms with Crippen molar-refractivity contribution >= 4 is 5.65 Å². The highest BCUT2D eigenvalue weighted by molar-refractivity contribution is 5.48. The van der Waals surface area contributed by atoms with Gasteiger partial charge in [-0.25, -0.2) is 18.7 Å². The first-order valence-corrected chi connectivity index (χ1v) is 6.25. The van der Waals surface area contributed by atoms with Crippen LogP contribution in [0.4, 0.5) is 8.78 Å². The number of benzene rings is 1. The summed E-state index contributed by atoms with van der Waals surface area (Å²) in [5, 5.41) is 8.98. The maximum absolute atomic E-state index is 13.6. The summed E-state index contributed by atoms with van der Waals surface area (Å²) < 4.78 is 28.9. The highest BCUT2D eigenvalue weighted by atomic mass is 19.1. The molecular formula is C15H10F2N4. The summed E-state index contributed by atoms with van der Waals surface area (Å²) in [5.41, 5.74) is 1.73. The molecule has 0 amide bonds. The molecule has 104 valence electrons. The molecule has 0 unspecified atom stereocenters. The lowest BCUT2D eigenvalue weighted by atomic mass is 10.1. The minimum absolute atomic E-state index is 0.0107. The topological polar surface area (TPSA) is 54.0 Å². The summed E-state index contributed by atoms with van der Waals surface area (Å²) in [5.74, 6) is -1.19. The van der Waals surface area contributed by atoms with Gasteiger partial charge in [-0.2, -0.15) is 5.26 Å². The average molecular weight is 284 g/mol. The van der Waals surface area contributed by atoms with Crippen molar-refractivity contribution in [2.45, 2.75) is 13.3 Å². The zero-order valence-electron chi connectivity index (χ0n) is 11.1. The van der Waals surface area contributed by atoms with E-state index in [-0.39, 0.29) is 17.7 Å². The van der Waals surface area contributed by atoms with Gasteiger partial charge in [-0.3, -0.25) is 0 Å². The molecule has 3 aromatic rings. The molecule has 2 heterocycles. The zero-order valence-corrected chi connectivity index (χ0v) is 11.1. The van der Waals surface area contributed by atoms with Crippen LogP contribution in [0, 0.1) is 29.9 Å². The molecule has 0 aliphatic carbocycles. The van der Waals surface area contributed by atoms with E-state index in [0.717, 1.165) is 0 Å². The van der Waals surface area contributed by atoms with Crippen LogP contribution in [0.5, 0.6) is 0 Å². The molecule has 3 rings (SSSR count). The number of aromatic nitrogens is 3. The molecule has 6 heteroatoms. The van der Waals surface area contributed by atoms with Gasteiger partial charge < -0.3 is 4.40 Å². The molecule has 0 atom stereocenters. The molecule has 0 saturated carbocycles. The van der Waals surface area contributed by atoms with Gasteiger partial charge in [0, 0.05) is 30.6 Å². The second-order valence-corrected chi connectivity index (χ2v) is 4.70. The van der Waals surface area contributed by atoms with Crippen LogP contribution < -0.4 is 0 Å². The van der Waals surface area contributed by atoms with E-state index in [0.29, 0.717) is 16.9 Å². The highest BCUT2D eigenvalue weighted by Crippen LogP contribution is 2.18. The van der Waals surface area contributed by atoms with Crippen molar-refractivity contribution in [2.75, 3.05) is 0 Å². The van der Waals surface area contributed by atoms with Crippen LogP contribution in [0.15, 0.2) is 30.7 Å². The van der Waals surface area contributed by atoms with Crippen LogP contribution in [-0.2, 0) is 6.42 Å². The fourth-order valence-corrected chi connectivity index (χ4v) is 2.16. The Hall–Kier alpha value is -2.81. The Bertz CT molecular complexity index is 854. The lowest BCUT2D eigenvalue weighted by Gasteiger charge is -2.06. The summed E-state index contributed by atoms with van der Waals surface area (Å²) in [6, 6.07) is 4.51. The molecule has 4 nitrogen and oxygen atoms in total. The normalized spacial score (nSPS) is 10.8. The molecule has 21 heavy (non-hydrogen) atoms. The van der Waals surface area contributed by atoms with Crippen molar-refractivity contribution in [3.63, 3.8) is 0 Å². The van der Waals surface area contributed by atoms with E-state index in [1.165, 1.54) is 19.1 Å². The smallest absolute Gasteiger partial charge is 0.158 e. The summed E-state index contributed by atoms with van der Waals surface area (Å²) in [7, 11) is 0. The number of rotatable bonds is 2. The van der Waals surface area contributed by atoms with Gasteiger partial charge in [0.15, 0.2) is 11.3 Å². The van der Waals surface area contributed by atoms with Gasteiger partial charge in [-0.05, 0) is 24.6 Å². The van der Waals surface area contributed by atoms with E-state index in [9.17, 15) is 8.78 Å². The van der Waals surface area contributed by atoms with Crippen LogP contribution in [0.1, 0.15) is 22.5 Å². The Morgan fingerprint density at radius 2 is 2.00 bits per heavy atom. The van der Waals surface area contributed by atoms with Gasteiger partial charge in [-0.1, -0.05) is 0 Å². The maximum Gasteiger partial charge on any atom is 0.158 e. The van der Waals surface area contributed by atoms with E-state index in [2.05, 4.69) is 9.97 Å². The molecule has 0 aliphatic rings. The Morgan fingerprint density at radius 3 is 2.67 bits per heavy atom. The molecule has 2 aromatic heterocycles. The van der Waals surface area contributed by atoms with Gasteiger partial charge >= 0.3 is 0 Å². The number of nitrogens with zero attached hydrogens (tertiary/aromatic N) is 4. The minimum atomic E-state index is -0.596. The molecule has 0 bridgehead atoms. The molecule has 0 aliphatic heterocycles.